The molecule has 0 radical (unpaired) electrons. The second-order valence-corrected chi connectivity index (χ2v) is 3.38. The normalized spacial score (nSPS) is 9.88. The van der Waals surface area contributed by atoms with Crippen molar-refractivity contribution in [1.29, 1.82) is 0 Å². The Bertz CT molecular complexity index is 378. The number of methoxy groups -OCH3 is 3. The second-order valence-electron chi connectivity index (χ2n) is 3.38. The maximum absolute atomic E-state index is 11.7. The van der Waals surface area contributed by atoms with Crippen molar-refractivity contribution in [1.82, 2.24) is 0 Å². The maximum atomic E-state index is 11.7. The Morgan fingerprint density at radius 3 is 2.00 bits per heavy atom. The van der Waals surface area contributed by atoms with Crippen LogP contribution in [-0.2, 0) is 0 Å². The molecule has 0 unspecified atom stereocenters. The van der Waals surface area contributed by atoms with Crippen molar-refractivity contribution in [3.05, 3.63) is 17.7 Å². The van der Waals surface area contributed by atoms with Gasteiger partial charge in [0.1, 0.15) is 0 Å². The van der Waals surface area contributed by atoms with E-state index in [1.165, 1.54) is 21.3 Å². The van der Waals surface area contributed by atoms with E-state index in [-0.39, 0.29) is 5.78 Å². The lowest BCUT2D eigenvalue weighted by Gasteiger charge is -2.13. The SMILES string of the molecule is COc1cc(C(=O)CCN)cc(OC)c1OC. The molecule has 2 N–H and O–H groups in total. The fraction of sp³-hybridized carbons (Fsp3) is 0.417. The molecule has 0 fully saturated rings. The molecular formula is C12H17NO4. The number of rotatable bonds is 6. The molecule has 0 spiro atoms. The quantitative estimate of drug-likeness (QED) is 0.756. The summed E-state index contributed by atoms with van der Waals surface area (Å²) < 4.78 is 15.5. The first-order valence-electron chi connectivity index (χ1n) is 5.21. The molecule has 0 aromatic heterocycles. The molecule has 1 rings (SSSR count). The predicted octanol–water partition coefficient (Wildman–Crippen LogP) is 1.24. The highest BCUT2D eigenvalue weighted by molar-refractivity contribution is 5.97. The highest BCUT2D eigenvalue weighted by atomic mass is 16.5. The summed E-state index contributed by atoms with van der Waals surface area (Å²) in [6, 6.07) is 3.25. The van der Waals surface area contributed by atoms with Crippen LogP contribution in [0.5, 0.6) is 17.2 Å². The molecule has 94 valence electrons. The van der Waals surface area contributed by atoms with E-state index >= 15 is 0 Å². The van der Waals surface area contributed by atoms with Crippen LogP contribution in [0.2, 0.25) is 0 Å². The number of benzene rings is 1. The van der Waals surface area contributed by atoms with E-state index in [1.807, 2.05) is 0 Å². The number of Topliss-reactive ketones (excluding diaryl/α,β-unsaturated/α-hetero) is 1. The molecule has 5 nitrogen and oxygen atoms in total. The van der Waals surface area contributed by atoms with Gasteiger partial charge in [-0.05, 0) is 18.7 Å². The smallest absolute Gasteiger partial charge is 0.203 e. The summed E-state index contributed by atoms with van der Waals surface area (Å²) in [5.41, 5.74) is 5.86. The van der Waals surface area contributed by atoms with E-state index in [1.54, 1.807) is 12.1 Å². The van der Waals surface area contributed by atoms with Gasteiger partial charge in [0.2, 0.25) is 5.75 Å². The molecule has 1 aromatic rings. The van der Waals surface area contributed by atoms with Crippen molar-refractivity contribution in [2.45, 2.75) is 6.42 Å². The summed E-state index contributed by atoms with van der Waals surface area (Å²) in [6.07, 6.45) is 0.290. The van der Waals surface area contributed by atoms with E-state index in [4.69, 9.17) is 19.9 Å². The molecule has 0 bridgehead atoms. The first kappa shape index (κ1) is 13.3. The lowest BCUT2D eigenvalue weighted by atomic mass is 10.1. The van der Waals surface area contributed by atoms with E-state index in [0.717, 1.165) is 0 Å². The first-order chi connectivity index (χ1) is 8.17. The molecule has 0 aliphatic rings. The Morgan fingerprint density at radius 1 is 1.12 bits per heavy atom. The molecule has 5 heteroatoms. The summed E-state index contributed by atoms with van der Waals surface area (Å²) in [7, 11) is 4.53. The summed E-state index contributed by atoms with van der Waals surface area (Å²) in [5, 5.41) is 0. The van der Waals surface area contributed by atoms with Crippen LogP contribution >= 0.6 is 0 Å². The fourth-order valence-corrected chi connectivity index (χ4v) is 1.52. The maximum Gasteiger partial charge on any atom is 0.203 e. The van der Waals surface area contributed by atoms with Gasteiger partial charge in [-0.15, -0.1) is 0 Å². The number of nitrogens with two attached hydrogens (primary N) is 1. The first-order valence-corrected chi connectivity index (χ1v) is 5.21. The van der Waals surface area contributed by atoms with Gasteiger partial charge in [0.15, 0.2) is 17.3 Å². The minimum atomic E-state index is -0.0493. The van der Waals surface area contributed by atoms with E-state index in [2.05, 4.69) is 0 Å². The standard InChI is InChI=1S/C12H17NO4/c1-15-10-6-8(9(14)4-5-13)7-11(16-2)12(10)17-3/h6-7H,4-5,13H2,1-3H3. The average molecular weight is 239 g/mol. The van der Waals surface area contributed by atoms with Crippen LogP contribution in [0.3, 0.4) is 0 Å². The third-order valence-corrected chi connectivity index (χ3v) is 2.36. The van der Waals surface area contributed by atoms with Crippen LogP contribution in [0.15, 0.2) is 12.1 Å². The Hall–Kier alpha value is -1.75. The zero-order valence-electron chi connectivity index (χ0n) is 10.3. The number of ketones is 1. The van der Waals surface area contributed by atoms with Gasteiger partial charge in [-0.2, -0.15) is 0 Å². The number of hydrogen-bond acceptors (Lipinski definition) is 5. The zero-order chi connectivity index (χ0) is 12.8. The van der Waals surface area contributed by atoms with Gasteiger partial charge in [0.25, 0.3) is 0 Å². The van der Waals surface area contributed by atoms with Gasteiger partial charge in [0.05, 0.1) is 21.3 Å². The average Bonchev–Trinajstić information content (AvgIpc) is 2.37. The van der Waals surface area contributed by atoms with Crippen molar-refractivity contribution in [2.24, 2.45) is 5.73 Å². The lowest BCUT2D eigenvalue weighted by Crippen LogP contribution is -2.09. The molecule has 0 aliphatic heterocycles. The third kappa shape index (κ3) is 2.88. The second kappa shape index (κ2) is 6.10. The molecule has 0 heterocycles. The largest absolute Gasteiger partial charge is 0.493 e. The van der Waals surface area contributed by atoms with Crippen molar-refractivity contribution in [3.63, 3.8) is 0 Å². The Morgan fingerprint density at radius 2 is 1.65 bits per heavy atom. The molecule has 0 aliphatic carbocycles. The van der Waals surface area contributed by atoms with Gasteiger partial charge in [-0.3, -0.25) is 4.79 Å². The number of ether oxygens (including phenoxy) is 3. The van der Waals surface area contributed by atoms with Gasteiger partial charge in [0, 0.05) is 12.0 Å². The van der Waals surface area contributed by atoms with Crippen LogP contribution in [0.25, 0.3) is 0 Å². The van der Waals surface area contributed by atoms with Crippen LogP contribution in [0, 0.1) is 0 Å². The minimum Gasteiger partial charge on any atom is -0.493 e. The van der Waals surface area contributed by atoms with Gasteiger partial charge >= 0.3 is 0 Å². The monoisotopic (exact) mass is 239 g/mol. The van der Waals surface area contributed by atoms with Gasteiger partial charge in [-0.1, -0.05) is 0 Å². The van der Waals surface area contributed by atoms with E-state index in [9.17, 15) is 4.79 Å². The van der Waals surface area contributed by atoms with Gasteiger partial charge < -0.3 is 19.9 Å². The minimum absolute atomic E-state index is 0.0493. The van der Waals surface area contributed by atoms with Crippen molar-refractivity contribution in [3.8, 4) is 17.2 Å². The Balaban J connectivity index is 3.22. The lowest BCUT2D eigenvalue weighted by molar-refractivity contribution is 0.0984. The van der Waals surface area contributed by atoms with Crippen molar-refractivity contribution in [2.75, 3.05) is 27.9 Å². The number of carbonyl (C=O) groups excluding carboxylic acids is 1. The fourth-order valence-electron chi connectivity index (χ4n) is 1.52. The van der Waals surface area contributed by atoms with Crippen molar-refractivity contribution >= 4 is 5.78 Å². The molecule has 0 saturated carbocycles. The number of hydrogen-bond donors (Lipinski definition) is 1. The highest BCUT2D eigenvalue weighted by Gasteiger charge is 2.16. The highest BCUT2D eigenvalue weighted by Crippen LogP contribution is 2.38. The van der Waals surface area contributed by atoms with E-state index < -0.39 is 0 Å². The van der Waals surface area contributed by atoms with Crippen LogP contribution in [-0.4, -0.2) is 33.7 Å². The molecule has 17 heavy (non-hydrogen) atoms. The summed E-state index contributed by atoms with van der Waals surface area (Å²) in [4.78, 5) is 11.7. The molecule has 1 aromatic carbocycles. The molecule has 0 saturated heterocycles. The topological polar surface area (TPSA) is 70.8 Å². The van der Waals surface area contributed by atoms with Gasteiger partial charge in [-0.25, -0.2) is 0 Å². The Labute approximate surface area is 100 Å². The summed E-state index contributed by atoms with van der Waals surface area (Å²) in [5.74, 6) is 1.35. The zero-order valence-corrected chi connectivity index (χ0v) is 10.3. The molecule has 0 amide bonds. The van der Waals surface area contributed by atoms with E-state index in [0.29, 0.717) is 35.8 Å². The van der Waals surface area contributed by atoms with Crippen LogP contribution in [0.4, 0.5) is 0 Å². The Kier molecular flexibility index (Phi) is 4.78. The molecular weight excluding hydrogens is 222 g/mol. The third-order valence-electron chi connectivity index (χ3n) is 2.36. The summed E-state index contributed by atoms with van der Waals surface area (Å²) in [6.45, 7) is 0.315. The van der Waals surface area contributed by atoms with Crippen LogP contribution < -0.4 is 19.9 Å². The summed E-state index contributed by atoms with van der Waals surface area (Å²) >= 11 is 0. The number of carbonyl (C=O) groups is 1. The molecule has 0 atom stereocenters. The predicted molar refractivity (Wildman–Crippen MR) is 64.1 cm³/mol. The van der Waals surface area contributed by atoms with Crippen molar-refractivity contribution < 1.29 is 19.0 Å². The van der Waals surface area contributed by atoms with Crippen LogP contribution in [0.1, 0.15) is 16.8 Å².